The Morgan fingerprint density at radius 3 is 2.81 bits per heavy atom. The van der Waals surface area contributed by atoms with Crippen molar-refractivity contribution in [3.63, 3.8) is 0 Å². The molecule has 21 heavy (non-hydrogen) atoms. The number of alkyl halides is 2. The molecule has 0 atom stereocenters. The lowest BCUT2D eigenvalue weighted by atomic mass is 10.2. The van der Waals surface area contributed by atoms with Crippen molar-refractivity contribution in [2.75, 3.05) is 6.61 Å². The Kier molecular flexibility index (Phi) is 4.72. The second kappa shape index (κ2) is 6.70. The van der Waals surface area contributed by atoms with Gasteiger partial charge in [0.25, 0.3) is 0 Å². The predicted molar refractivity (Wildman–Crippen MR) is 70.1 cm³/mol. The van der Waals surface area contributed by atoms with Crippen LogP contribution in [0.25, 0.3) is 0 Å². The number of hydrogen-bond acceptors (Lipinski definition) is 4. The zero-order chi connectivity index (χ0) is 15.2. The molecule has 0 radical (unpaired) electrons. The number of hydrogen-bond donors (Lipinski definition) is 0. The first kappa shape index (κ1) is 14.8. The van der Waals surface area contributed by atoms with E-state index in [4.69, 9.17) is 14.7 Å². The Hall–Kier alpha value is -2.62. The number of imidazole rings is 1. The fourth-order valence-electron chi connectivity index (χ4n) is 1.74. The molecule has 0 saturated heterocycles. The highest BCUT2D eigenvalue weighted by atomic mass is 19.3. The van der Waals surface area contributed by atoms with E-state index in [0.717, 1.165) is 4.57 Å². The maximum Gasteiger partial charge on any atom is 0.320 e. The highest BCUT2D eigenvalue weighted by molar-refractivity contribution is 5.46. The summed E-state index contributed by atoms with van der Waals surface area (Å²) in [5, 5.41) is 8.86. The number of nitriles is 1. The fourth-order valence-corrected chi connectivity index (χ4v) is 1.74. The molecule has 0 spiro atoms. The third kappa shape index (κ3) is 3.48. The van der Waals surface area contributed by atoms with Gasteiger partial charge in [0.05, 0.1) is 18.2 Å². The molecule has 7 heteroatoms. The Morgan fingerprint density at radius 2 is 2.14 bits per heavy atom. The van der Waals surface area contributed by atoms with Crippen molar-refractivity contribution in [2.45, 2.75) is 20.1 Å². The number of aromatic nitrogens is 2. The second-order valence-electron chi connectivity index (χ2n) is 4.02. The van der Waals surface area contributed by atoms with Crippen LogP contribution in [0.2, 0.25) is 0 Å². The van der Waals surface area contributed by atoms with E-state index >= 15 is 0 Å². The molecule has 2 rings (SSSR count). The van der Waals surface area contributed by atoms with Crippen molar-refractivity contribution in [3.8, 4) is 17.6 Å². The molecule has 0 fully saturated rings. The van der Waals surface area contributed by atoms with E-state index in [9.17, 15) is 8.78 Å². The Morgan fingerprint density at radius 1 is 1.33 bits per heavy atom. The molecule has 0 unspecified atom stereocenters. The highest BCUT2D eigenvalue weighted by Crippen LogP contribution is 2.29. The summed E-state index contributed by atoms with van der Waals surface area (Å²) in [7, 11) is 0. The average molecular weight is 293 g/mol. The Bertz CT molecular complexity index is 650. The Balaban J connectivity index is 2.16. The topological polar surface area (TPSA) is 60.1 Å². The maximum atomic E-state index is 12.7. The van der Waals surface area contributed by atoms with Crippen LogP contribution in [0.3, 0.4) is 0 Å². The summed E-state index contributed by atoms with van der Waals surface area (Å²) in [6.07, 6.45) is 2.47. The lowest BCUT2D eigenvalue weighted by molar-refractivity contribution is 0.0631. The first-order valence-corrected chi connectivity index (χ1v) is 6.25. The van der Waals surface area contributed by atoms with Gasteiger partial charge < -0.3 is 9.47 Å². The molecule has 5 nitrogen and oxygen atoms in total. The molecular formula is C14H13F2N3O2. The van der Waals surface area contributed by atoms with Gasteiger partial charge in [0.15, 0.2) is 17.3 Å². The summed E-state index contributed by atoms with van der Waals surface area (Å²) in [5.41, 5.74) is 0.430. The summed E-state index contributed by atoms with van der Waals surface area (Å²) < 4.78 is 37.0. The largest absolute Gasteiger partial charge is 0.490 e. The van der Waals surface area contributed by atoms with Crippen LogP contribution in [0.1, 0.15) is 24.9 Å². The van der Waals surface area contributed by atoms with Gasteiger partial charge in [-0.05, 0) is 19.1 Å². The van der Waals surface area contributed by atoms with Crippen LogP contribution in [-0.4, -0.2) is 16.2 Å². The smallest absolute Gasteiger partial charge is 0.320 e. The minimum absolute atomic E-state index is 0.108. The van der Waals surface area contributed by atoms with Crippen LogP contribution in [0.15, 0.2) is 30.6 Å². The van der Waals surface area contributed by atoms with Crippen molar-refractivity contribution in [1.29, 1.82) is 5.26 Å². The molecule has 110 valence electrons. The van der Waals surface area contributed by atoms with Gasteiger partial charge in [-0.2, -0.15) is 14.0 Å². The van der Waals surface area contributed by atoms with Crippen LogP contribution in [0, 0.1) is 11.3 Å². The lowest BCUT2D eigenvalue weighted by Crippen LogP contribution is -2.08. The second-order valence-corrected chi connectivity index (χ2v) is 4.02. The highest BCUT2D eigenvalue weighted by Gasteiger charge is 2.13. The molecule has 1 heterocycles. The molecule has 0 aliphatic carbocycles. The van der Waals surface area contributed by atoms with E-state index in [-0.39, 0.29) is 12.4 Å². The Labute approximate surface area is 120 Å². The number of ether oxygens (including phenoxy) is 2. The zero-order valence-corrected chi connectivity index (χ0v) is 11.3. The molecule has 0 N–H and O–H groups in total. The van der Waals surface area contributed by atoms with Crippen molar-refractivity contribution in [2.24, 2.45) is 0 Å². The maximum absolute atomic E-state index is 12.7. The van der Waals surface area contributed by atoms with Crippen LogP contribution in [-0.2, 0) is 6.61 Å². The van der Waals surface area contributed by atoms with Gasteiger partial charge in [0.1, 0.15) is 6.61 Å². The summed E-state index contributed by atoms with van der Waals surface area (Å²) in [6.45, 7) is -0.592. The number of rotatable bonds is 6. The monoisotopic (exact) mass is 293 g/mol. The van der Waals surface area contributed by atoms with Gasteiger partial charge in [-0.3, -0.25) is 4.57 Å². The van der Waals surface area contributed by atoms with Gasteiger partial charge in [-0.1, -0.05) is 0 Å². The molecule has 2 aromatic rings. The zero-order valence-electron chi connectivity index (χ0n) is 11.3. The number of halogens is 2. The normalized spacial score (nSPS) is 10.4. The van der Waals surface area contributed by atoms with Crippen LogP contribution >= 0.6 is 0 Å². The standard InChI is InChI=1S/C14H13F2N3O2/c1-2-20-12-7-10(8-17)3-4-11(12)21-9-13-18-5-6-19(13)14(15)16/h3-7,14H,2,9H2,1H3. The SMILES string of the molecule is CCOc1cc(C#N)ccc1OCc1nccn1C(F)F. The number of benzene rings is 1. The molecule has 0 amide bonds. The molecule has 1 aromatic carbocycles. The van der Waals surface area contributed by atoms with Gasteiger partial charge in [-0.15, -0.1) is 0 Å². The molecule has 0 saturated carbocycles. The predicted octanol–water partition coefficient (Wildman–Crippen LogP) is 3.13. The average Bonchev–Trinajstić information content (AvgIpc) is 2.95. The molecule has 0 bridgehead atoms. The summed E-state index contributed by atoms with van der Waals surface area (Å²) in [6, 6.07) is 6.67. The number of nitrogens with zero attached hydrogens (tertiary/aromatic N) is 3. The molecule has 0 aliphatic rings. The summed E-state index contributed by atoms with van der Waals surface area (Å²) >= 11 is 0. The minimum atomic E-state index is -2.67. The van der Waals surface area contributed by atoms with E-state index in [0.29, 0.717) is 23.7 Å². The van der Waals surface area contributed by atoms with Crippen molar-refractivity contribution in [1.82, 2.24) is 9.55 Å². The first-order valence-electron chi connectivity index (χ1n) is 6.25. The minimum Gasteiger partial charge on any atom is -0.490 e. The van der Waals surface area contributed by atoms with Crippen molar-refractivity contribution >= 4 is 0 Å². The molecular weight excluding hydrogens is 280 g/mol. The van der Waals surface area contributed by atoms with Crippen molar-refractivity contribution in [3.05, 3.63) is 42.0 Å². The van der Waals surface area contributed by atoms with Crippen LogP contribution in [0.4, 0.5) is 8.78 Å². The van der Waals surface area contributed by atoms with Gasteiger partial charge >= 0.3 is 6.55 Å². The van der Waals surface area contributed by atoms with Crippen LogP contribution in [0.5, 0.6) is 11.5 Å². The van der Waals surface area contributed by atoms with Crippen LogP contribution < -0.4 is 9.47 Å². The third-order valence-corrected chi connectivity index (χ3v) is 2.69. The molecule has 1 aromatic heterocycles. The van der Waals surface area contributed by atoms with E-state index in [1.165, 1.54) is 12.4 Å². The quantitative estimate of drug-likeness (QED) is 0.821. The van der Waals surface area contributed by atoms with Gasteiger partial charge in [-0.25, -0.2) is 4.98 Å². The summed E-state index contributed by atoms with van der Waals surface area (Å²) in [5.74, 6) is 0.878. The third-order valence-electron chi connectivity index (χ3n) is 2.69. The van der Waals surface area contributed by atoms with E-state index in [1.807, 2.05) is 6.07 Å². The van der Waals surface area contributed by atoms with E-state index < -0.39 is 6.55 Å². The fraction of sp³-hybridized carbons (Fsp3) is 0.286. The summed E-state index contributed by atoms with van der Waals surface area (Å²) in [4.78, 5) is 3.83. The van der Waals surface area contributed by atoms with E-state index in [2.05, 4.69) is 4.98 Å². The lowest BCUT2D eigenvalue weighted by Gasteiger charge is -2.12. The van der Waals surface area contributed by atoms with Gasteiger partial charge in [0.2, 0.25) is 0 Å². The van der Waals surface area contributed by atoms with E-state index in [1.54, 1.807) is 25.1 Å². The van der Waals surface area contributed by atoms with Gasteiger partial charge in [0, 0.05) is 18.5 Å². The molecule has 0 aliphatic heterocycles. The first-order chi connectivity index (χ1) is 10.2. The van der Waals surface area contributed by atoms with Crippen molar-refractivity contribution < 1.29 is 18.3 Å².